The molecule has 1 N–H and O–H groups in total. The predicted octanol–water partition coefficient (Wildman–Crippen LogP) is 3.32. The van der Waals surface area contributed by atoms with Crippen LogP contribution in [-0.4, -0.2) is 14.2 Å². The van der Waals surface area contributed by atoms with Crippen LogP contribution in [-0.2, 0) is 9.84 Å². The third kappa shape index (κ3) is 2.53. The molecule has 1 aliphatic heterocycles. The van der Waals surface area contributed by atoms with Crippen LogP contribution >= 0.6 is 11.3 Å². The number of hydrogen-bond acceptors (Lipinski definition) is 4. The van der Waals surface area contributed by atoms with E-state index in [0.717, 1.165) is 5.56 Å². The smallest absolute Gasteiger partial charge is 0.178 e. The molecule has 2 atom stereocenters. The topological polar surface area (TPSA) is 46.2 Å². The van der Waals surface area contributed by atoms with Crippen LogP contribution in [0, 0.1) is 0 Å². The molecule has 1 aliphatic rings. The van der Waals surface area contributed by atoms with Crippen LogP contribution in [0.15, 0.2) is 46.7 Å². The lowest BCUT2D eigenvalue weighted by atomic mass is 10.0. The predicted molar refractivity (Wildman–Crippen MR) is 81.7 cm³/mol. The first kappa shape index (κ1) is 13.8. The van der Waals surface area contributed by atoms with Crippen LogP contribution in [0.25, 0.3) is 0 Å². The van der Waals surface area contributed by atoms with Gasteiger partial charge in [0.25, 0.3) is 0 Å². The van der Waals surface area contributed by atoms with Crippen LogP contribution in [0.5, 0.6) is 0 Å². The monoisotopic (exact) mass is 307 g/mol. The van der Waals surface area contributed by atoms with Crippen molar-refractivity contribution < 1.29 is 8.42 Å². The Morgan fingerprint density at radius 2 is 2.05 bits per heavy atom. The summed E-state index contributed by atoms with van der Waals surface area (Å²) in [6.45, 7) is 2.12. The summed E-state index contributed by atoms with van der Waals surface area (Å²) < 4.78 is 24.2. The van der Waals surface area contributed by atoms with Crippen molar-refractivity contribution in [3.8, 4) is 0 Å². The van der Waals surface area contributed by atoms with Gasteiger partial charge in [-0.2, -0.15) is 0 Å². The van der Waals surface area contributed by atoms with Gasteiger partial charge in [0.1, 0.15) is 0 Å². The lowest BCUT2D eigenvalue weighted by Crippen LogP contribution is -2.31. The molecule has 3 nitrogen and oxygen atoms in total. The van der Waals surface area contributed by atoms with E-state index in [0.29, 0.717) is 11.3 Å². The second kappa shape index (κ2) is 5.31. The fraction of sp³-hybridized carbons (Fsp3) is 0.333. The highest BCUT2D eigenvalue weighted by Crippen LogP contribution is 2.34. The van der Waals surface area contributed by atoms with E-state index < -0.39 is 9.84 Å². The van der Waals surface area contributed by atoms with E-state index in [1.54, 1.807) is 23.5 Å². The zero-order valence-corrected chi connectivity index (χ0v) is 12.9. The first-order valence-electron chi connectivity index (χ1n) is 6.69. The van der Waals surface area contributed by atoms with E-state index in [-0.39, 0.29) is 17.8 Å². The molecule has 3 rings (SSSR count). The van der Waals surface area contributed by atoms with Crippen molar-refractivity contribution in [2.45, 2.75) is 30.3 Å². The van der Waals surface area contributed by atoms with Gasteiger partial charge in [-0.3, -0.25) is 0 Å². The van der Waals surface area contributed by atoms with E-state index in [9.17, 15) is 8.42 Å². The van der Waals surface area contributed by atoms with E-state index in [1.165, 1.54) is 4.88 Å². The molecule has 20 heavy (non-hydrogen) atoms. The van der Waals surface area contributed by atoms with Crippen molar-refractivity contribution in [2.75, 3.05) is 5.75 Å². The van der Waals surface area contributed by atoms with Gasteiger partial charge in [0.2, 0.25) is 0 Å². The molecular weight excluding hydrogens is 290 g/mol. The molecule has 1 aromatic heterocycles. The Hall–Kier alpha value is -1.17. The number of nitrogens with one attached hydrogen (secondary N) is 1. The summed E-state index contributed by atoms with van der Waals surface area (Å²) in [4.78, 5) is 1.76. The quantitative estimate of drug-likeness (QED) is 0.946. The third-order valence-corrected chi connectivity index (χ3v) is 6.60. The molecule has 2 aromatic rings. The number of fused-ring (bicyclic) bond motifs is 1. The molecule has 0 spiro atoms. The molecule has 0 radical (unpaired) electrons. The van der Waals surface area contributed by atoms with Crippen LogP contribution in [0.4, 0.5) is 0 Å². The molecule has 0 aliphatic carbocycles. The summed E-state index contributed by atoms with van der Waals surface area (Å²) in [5.41, 5.74) is 0.905. The van der Waals surface area contributed by atoms with Crippen molar-refractivity contribution in [3.63, 3.8) is 0 Å². The van der Waals surface area contributed by atoms with Crippen LogP contribution < -0.4 is 5.32 Å². The highest BCUT2D eigenvalue weighted by atomic mass is 32.2. The van der Waals surface area contributed by atoms with Crippen LogP contribution in [0.3, 0.4) is 0 Å². The highest BCUT2D eigenvalue weighted by Gasteiger charge is 2.30. The van der Waals surface area contributed by atoms with E-state index in [1.807, 2.05) is 18.2 Å². The molecule has 106 valence electrons. The Morgan fingerprint density at radius 1 is 1.25 bits per heavy atom. The van der Waals surface area contributed by atoms with Gasteiger partial charge in [-0.15, -0.1) is 11.3 Å². The van der Waals surface area contributed by atoms with Crippen LogP contribution in [0.1, 0.15) is 35.9 Å². The molecule has 0 saturated heterocycles. The Morgan fingerprint density at radius 3 is 2.80 bits per heavy atom. The maximum atomic E-state index is 12.1. The van der Waals surface area contributed by atoms with E-state index in [2.05, 4.69) is 23.7 Å². The number of benzene rings is 1. The molecule has 0 bridgehead atoms. The summed E-state index contributed by atoms with van der Waals surface area (Å²) in [6.07, 6.45) is 0.634. The van der Waals surface area contributed by atoms with Gasteiger partial charge in [0, 0.05) is 17.0 Å². The third-order valence-electron chi connectivity index (χ3n) is 3.73. The second-order valence-electron chi connectivity index (χ2n) is 5.10. The first-order valence-corrected chi connectivity index (χ1v) is 9.22. The maximum Gasteiger partial charge on any atom is 0.178 e. The summed E-state index contributed by atoms with van der Waals surface area (Å²) in [5.74, 6) is 0.221. The maximum absolute atomic E-state index is 12.1. The number of hydrogen-bond donors (Lipinski definition) is 1. The molecule has 0 saturated carbocycles. The fourth-order valence-corrected chi connectivity index (χ4v) is 5.05. The van der Waals surface area contributed by atoms with Crippen molar-refractivity contribution >= 4 is 21.2 Å². The van der Waals surface area contributed by atoms with Gasteiger partial charge in [-0.1, -0.05) is 24.3 Å². The van der Waals surface area contributed by atoms with Crippen LogP contribution in [0.2, 0.25) is 0 Å². The zero-order valence-electron chi connectivity index (χ0n) is 11.2. The van der Waals surface area contributed by atoms with Gasteiger partial charge in [-0.25, -0.2) is 8.42 Å². The lowest BCUT2D eigenvalue weighted by molar-refractivity contribution is 0.445. The van der Waals surface area contributed by atoms with Gasteiger partial charge in [-0.05, 0) is 36.4 Å². The Kier molecular flexibility index (Phi) is 3.67. The fourth-order valence-electron chi connectivity index (χ4n) is 2.68. The summed E-state index contributed by atoms with van der Waals surface area (Å²) in [5, 5.41) is 5.62. The van der Waals surface area contributed by atoms with Crippen molar-refractivity contribution in [1.82, 2.24) is 5.32 Å². The van der Waals surface area contributed by atoms with E-state index >= 15 is 0 Å². The molecule has 0 amide bonds. The Bertz CT molecular complexity index is 692. The largest absolute Gasteiger partial charge is 0.303 e. The SMILES string of the molecule is C[C@H](NC1CCS(=O)(=O)c2ccccc21)c1cccs1. The second-order valence-corrected chi connectivity index (χ2v) is 8.16. The highest BCUT2D eigenvalue weighted by molar-refractivity contribution is 7.91. The molecule has 2 heterocycles. The van der Waals surface area contributed by atoms with Gasteiger partial charge in [0.05, 0.1) is 10.6 Å². The average Bonchev–Trinajstić information content (AvgIpc) is 2.96. The van der Waals surface area contributed by atoms with Gasteiger partial charge in [0.15, 0.2) is 9.84 Å². The standard InChI is InChI=1S/C15H17NO2S2/c1-11(14-6-4-9-19-14)16-13-8-10-20(17,18)15-7-3-2-5-12(13)15/h2-7,9,11,13,16H,8,10H2,1H3/t11-,13?/m0/s1. The summed E-state index contributed by atoms with van der Waals surface area (Å²) in [7, 11) is -3.10. The Balaban J connectivity index is 1.89. The molecule has 0 fully saturated rings. The van der Waals surface area contributed by atoms with Gasteiger partial charge < -0.3 is 5.32 Å². The van der Waals surface area contributed by atoms with Crippen molar-refractivity contribution in [3.05, 3.63) is 52.2 Å². The van der Waals surface area contributed by atoms with E-state index in [4.69, 9.17) is 0 Å². The molecular formula is C15H17NO2S2. The Labute approximate surface area is 123 Å². The normalized spacial score (nSPS) is 22.1. The van der Waals surface area contributed by atoms with Crippen molar-refractivity contribution in [2.24, 2.45) is 0 Å². The molecule has 1 unspecified atom stereocenters. The number of sulfone groups is 1. The minimum absolute atomic E-state index is 0.104. The van der Waals surface area contributed by atoms with Crippen molar-refractivity contribution in [1.29, 1.82) is 0 Å². The zero-order chi connectivity index (χ0) is 14.2. The molecule has 1 aromatic carbocycles. The number of rotatable bonds is 3. The van der Waals surface area contributed by atoms with Gasteiger partial charge >= 0.3 is 0 Å². The number of thiophene rings is 1. The lowest BCUT2D eigenvalue weighted by Gasteiger charge is -2.28. The average molecular weight is 307 g/mol. The summed E-state index contributed by atoms with van der Waals surface area (Å²) in [6, 6.07) is 11.8. The first-order chi connectivity index (χ1) is 9.58. The minimum Gasteiger partial charge on any atom is -0.303 e. The summed E-state index contributed by atoms with van der Waals surface area (Å²) >= 11 is 1.72. The molecule has 5 heteroatoms. The minimum atomic E-state index is -3.10.